The van der Waals surface area contributed by atoms with Crippen LogP contribution in [0.25, 0.3) is 5.82 Å². The number of halogens is 5. The van der Waals surface area contributed by atoms with Crippen molar-refractivity contribution in [3.05, 3.63) is 69.1 Å². The van der Waals surface area contributed by atoms with Crippen LogP contribution < -0.4 is 22.3 Å². The molecule has 0 saturated heterocycles. The maximum absolute atomic E-state index is 13.3. The number of alkyl halides is 3. The van der Waals surface area contributed by atoms with E-state index in [1.54, 1.807) is 0 Å². The number of hydrogen-bond donors (Lipinski definition) is 4. The lowest BCUT2D eigenvalue weighted by molar-refractivity contribution is -0.141. The number of carbonyl (C=O) groups is 2. The van der Waals surface area contributed by atoms with E-state index in [0.717, 1.165) is 0 Å². The van der Waals surface area contributed by atoms with E-state index in [2.05, 4.69) is 15.4 Å². The number of nitrogen functional groups attached to an aromatic ring is 1. The number of nitrogens with zero attached hydrogens (tertiary/aromatic N) is 3. The van der Waals surface area contributed by atoms with E-state index in [-0.39, 0.29) is 39.2 Å². The highest BCUT2D eigenvalue weighted by Gasteiger charge is 2.37. The minimum Gasteiger partial charge on any atom is -0.326 e. The van der Waals surface area contributed by atoms with Crippen molar-refractivity contribution < 1.29 is 22.8 Å². The van der Waals surface area contributed by atoms with Crippen LogP contribution in [-0.4, -0.2) is 26.6 Å². The molecule has 3 aromatic rings. The van der Waals surface area contributed by atoms with Crippen molar-refractivity contribution in [1.29, 1.82) is 0 Å². The largest absolute Gasteiger partial charge is 0.435 e. The van der Waals surface area contributed by atoms with Crippen LogP contribution in [0.5, 0.6) is 0 Å². The Morgan fingerprint density at radius 2 is 1.88 bits per heavy atom. The Bertz CT molecular complexity index is 1200. The molecule has 2 heterocycles. The van der Waals surface area contributed by atoms with E-state index < -0.39 is 29.4 Å². The number of rotatable bonds is 5. The van der Waals surface area contributed by atoms with Gasteiger partial charge in [-0.2, -0.15) is 18.3 Å². The Kier molecular flexibility index (Phi) is 6.69. The van der Waals surface area contributed by atoms with Crippen LogP contribution in [0.2, 0.25) is 10.0 Å². The molecule has 6 N–H and O–H groups in total. The Morgan fingerprint density at radius 3 is 2.47 bits per heavy atom. The number of aromatic nitrogens is 3. The van der Waals surface area contributed by atoms with Crippen LogP contribution in [0.1, 0.15) is 32.1 Å². The van der Waals surface area contributed by atoms with Crippen molar-refractivity contribution in [3.8, 4) is 5.82 Å². The van der Waals surface area contributed by atoms with Crippen LogP contribution in [0.3, 0.4) is 0 Å². The standard InChI is InChI=1S/C18H14Cl2F3N7O2/c19-9-4-8(7-24)14(10(5-9)16(31)28-25)27-17(32)12-6-13(18(21,22)23)29-30(12)15-11(20)2-1-3-26-15/h1-6H,7,24-25H2,(H,27,32)(H,28,31). The minimum atomic E-state index is -4.85. The SMILES string of the molecule is NCc1cc(Cl)cc(C(=O)NN)c1NC(=O)c1cc(C(F)(F)F)nn1-c1ncccc1Cl. The van der Waals surface area contributed by atoms with Crippen LogP contribution in [0, 0.1) is 0 Å². The van der Waals surface area contributed by atoms with Gasteiger partial charge in [-0.05, 0) is 29.8 Å². The number of nitrogens with two attached hydrogens (primary N) is 2. The molecule has 0 bridgehead atoms. The van der Waals surface area contributed by atoms with E-state index in [0.29, 0.717) is 10.7 Å². The Morgan fingerprint density at radius 1 is 1.16 bits per heavy atom. The zero-order valence-electron chi connectivity index (χ0n) is 15.9. The molecule has 0 saturated carbocycles. The number of benzene rings is 1. The topological polar surface area (TPSA) is 141 Å². The molecule has 3 rings (SSSR count). The molecule has 2 aromatic heterocycles. The third kappa shape index (κ3) is 4.67. The van der Waals surface area contributed by atoms with Crippen LogP contribution in [0.15, 0.2) is 36.5 Å². The van der Waals surface area contributed by atoms with E-state index in [9.17, 15) is 22.8 Å². The normalized spacial score (nSPS) is 11.3. The summed E-state index contributed by atoms with van der Waals surface area (Å²) in [6.45, 7) is -0.153. The van der Waals surface area contributed by atoms with Gasteiger partial charge in [-0.25, -0.2) is 15.5 Å². The highest BCUT2D eigenvalue weighted by Crippen LogP contribution is 2.31. The van der Waals surface area contributed by atoms with Gasteiger partial charge in [-0.3, -0.25) is 15.0 Å². The number of amides is 2. The fourth-order valence-corrected chi connectivity index (χ4v) is 3.22. The highest BCUT2D eigenvalue weighted by molar-refractivity contribution is 6.32. The lowest BCUT2D eigenvalue weighted by atomic mass is 10.1. The third-order valence-corrected chi connectivity index (χ3v) is 4.70. The lowest BCUT2D eigenvalue weighted by Crippen LogP contribution is -2.31. The molecule has 0 atom stereocenters. The first-order chi connectivity index (χ1) is 15.1. The number of hydrazine groups is 1. The van der Waals surface area contributed by atoms with Crippen molar-refractivity contribution in [2.45, 2.75) is 12.7 Å². The number of hydrogen-bond acceptors (Lipinski definition) is 6. The first-order valence-corrected chi connectivity index (χ1v) is 9.45. The number of carbonyl (C=O) groups excluding carboxylic acids is 2. The summed E-state index contributed by atoms with van der Waals surface area (Å²) in [4.78, 5) is 29.1. The van der Waals surface area contributed by atoms with Gasteiger partial charge in [0.05, 0.1) is 16.3 Å². The molecule has 0 unspecified atom stereocenters. The first-order valence-electron chi connectivity index (χ1n) is 8.69. The summed E-state index contributed by atoms with van der Waals surface area (Å²) < 4.78 is 40.6. The summed E-state index contributed by atoms with van der Waals surface area (Å²) in [5.74, 6) is 3.12. The highest BCUT2D eigenvalue weighted by atomic mass is 35.5. The molecule has 14 heteroatoms. The Balaban J connectivity index is 2.14. The van der Waals surface area contributed by atoms with Crippen molar-refractivity contribution in [3.63, 3.8) is 0 Å². The Labute approximate surface area is 188 Å². The molecule has 0 fully saturated rings. The van der Waals surface area contributed by atoms with Crippen LogP contribution in [-0.2, 0) is 12.7 Å². The molecule has 1 aromatic carbocycles. The van der Waals surface area contributed by atoms with Crippen LogP contribution in [0.4, 0.5) is 18.9 Å². The van der Waals surface area contributed by atoms with E-state index in [1.807, 2.05) is 5.43 Å². The second kappa shape index (κ2) is 9.12. The van der Waals surface area contributed by atoms with Crippen molar-refractivity contribution >= 4 is 40.7 Å². The predicted molar refractivity (Wildman–Crippen MR) is 110 cm³/mol. The van der Waals surface area contributed by atoms with Crippen molar-refractivity contribution in [1.82, 2.24) is 20.2 Å². The predicted octanol–water partition coefficient (Wildman–Crippen LogP) is 2.91. The fourth-order valence-electron chi connectivity index (χ4n) is 2.78. The molecule has 0 aliphatic rings. The average molecular weight is 488 g/mol. The van der Waals surface area contributed by atoms with Gasteiger partial charge in [-0.15, -0.1) is 0 Å². The summed E-state index contributed by atoms with van der Waals surface area (Å²) in [5, 5.41) is 5.92. The van der Waals surface area contributed by atoms with Crippen molar-refractivity contribution in [2.24, 2.45) is 11.6 Å². The summed E-state index contributed by atoms with van der Waals surface area (Å²) in [7, 11) is 0. The molecule has 9 nitrogen and oxygen atoms in total. The monoisotopic (exact) mass is 487 g/mol. The number of anilines is 1. The van der Waals surface area contributed by atoms with E-state index in [1.165, 1.54) is 30.5 Å². The second-order valence-corrected chi connectivity index (χ2v) is 7.10. The van der Waals surface area contributed by atoms with E-state index >= 15 is 0 Å². The molecule has 168 valence electrons. The van der Waals surface area contributed by atoms with Gasteiger partial charge >= 0.3 is 6.18 Å². The van der Waals surface area contributed by atoms with Crippen LogP contribution >= 0.6 is 23.2 Å². The van der Waals surface area contributed by atoms with Gasteiger partial charge < -0.3 is 11.1 Å². The maximum Gasteiger partial charge on any atom is 0.435 e. The summed E-state index contributed by atoms with van der Waals surface area (Å²) in [6, 6.07) is 5.96. The fraction of sp³-hybridized carbons (Fsp3) is 0.111. The summed E-state index contributed by atoms with van der Waals surface area (Å²) in [5.41, 5.74) is 5.69. The van der Waals surface area contributed by atoms with Gasteiger partial charge in [0, 0.05) is 23.8 Å². The first kappa shape index (κ1) is 23.5. The molecule has 2 amide bonds. The van der Waals surface area contributed by atoms with Gasteiger partial charge in [0.1, 0.15) is 5.69 Å². The number of pyridine rings is 1. The summed E-state index contributed by atoms with van der Waals surface area (Å²) in [6.07, 6.45) is -3.58. The van der Waals surface area contributed by atoms with Gasteiger partial charge in [-0.1, -0.05) is 23.2 Å². The van der Waals surface area contributed by atoms with Gasteiger partial charge in [0.25, 0.3) is 11.8 Å². The molecule has 0 aliphatic carbocycles. The summed E-state index contributed by atoms with van der Waals surface area (Å²) >= 11 is 12.0. The minimum absolute atomic E-state index is 0.0456. The van der Waals surface area contributed by atoms with E-state index in [4.69, 9.17) is 34.8 Å². The lowest BCUT2D eigenvalue weighted by Gasteiger charge is -2.15. The number of nitrogens with one attached hydrogen (secondary N) is 2. The van der Waals surface area contributed by atoms with Crippen molar-refractivity contribution in [2.75, 3.05) is 5.32 Å². The van der Waals surface area contributed by atoms with Gasteiger partial charge in [0.15, 0.2) is 11.5 Å². The maximum atomic E-state index is 13.3. The van der Waals surface area contributed by atoms with Gasteiger partial charge in [0.2, 0.25) is 0 Å². The quantitative estimate of drug-likeness (QED) is 0.247. The third-order valence-electron chi connectivity index (χ3n) is 4.19. The molecule has 32 heavy (non-hydrogen) atoms. The molecule has 0 spiro atoms. The smallest absolute Gasteiger partial charge is 0.326 e. The second-order valence-electron chi connectivity index (χ2n) is 6.25. The Hall–Kier alpha value is -3.19. The zero-order valence-corrected chi connectivity index (χ0v) is 17.4. The zero-order chi connectivity index (χ0) is 23.6. The molecular formula is C18H14Cl2F3N7O2. The molecule has 0 radical (unpaired) electrons. The molecule has 0 aliphatic heterocycles. The average Bonchev–Trinajstić information content (AvgIpc) is 3.20. The molecular weight excluding hydrogens is 474 g/mol.